The van der Waals surface area contributed by atoms with E-state index in [1.54, 1.807) is 6.92 Å². The molecule has 2 amide bonds. The largest absolute Gasteiger partial charge is 0.480 e. The zero-order valence-corrected chi connectivity index (χ0v) is 12.1. The average molecular weight is 284 g/mol. The first kappa shape index (κ1) is 16.5. The zero-order chi connectivity index (χ0) is 15.1. The second kappa shape index (κ2) is 7.87. The first-order valence-electron chi connectivity index (χ1n) is 7.22. The molecule has 6 heteroatoms. The molecule has 0 radical (unpaired) electrons. The van der Waals surface area contributed by atoms with Crippen molar-refractivity contribution >= 4 is 17.8 Å². The minimum absolute atomic E-state index is 0.0104. The van der Waals surface area contributed by atoms with Gasteiger partial charge in [0, 0.05) is 18.4 Å². The summed E-state index contributed by atoms with van der Waals surface area (Å²) in [4.78, 5) is 34.2. The van der Waals surface area contributed by atoms with Crippen molar-refractivity contribution in [2.75, 3.05) is 0 Å². The molecule has 0 saturated heterocycles. The lowest BCUT2D eigenvalue weighted by molar-refractivity contribution is -0.141. The molecule has 1 aliphatic rings. The van der Waals surface area contributed by atoms with Gasteiger partial charge < -0.3 is 15.7 Å². The summed E-state index contributed by atoms with van der Waals surface area (Å²) in [6, 6.07) is -1.20. The van der Waals surface area contributed by atoms with Gasteiger partial charge in [-0.15, -0.1) is 0 Å². The number of rotatable bonds is 6. The van der Waals surface area contributed by atoms with E-state index in [-0.39, 0.29) is 30.2 Å². The van der Waals surface area contributed by atoms with Crippen molar-refractivity contribution in [1.29, 1.82) is 0 Å². The summed E-state index contributed by atoms with van der Waals surface area (Å²) in [5, 5.41) is 13.9. The standard InChI is InChI=1S/C14H24N2O4/c1-9(8-12(17)16-10(2)14(19)20)15-13(18)11-6-4-3-5-7-11/h9-11H,3-8H2,1-2H3,(H,15,18)(H,16,17)(H,19,20)/t9?,10-/m1/s1. The second-order valence-corrected chi connectivity index (χ2v) is 5.58. The Balaban J connectivity index is 2.31. The Morgan fingerprint density at radius 2 is 1.70 bits per heavy atom. The predicted molar refractivity (Wildman–Crippen MR) is 74.0 cm³/mol. The van der Waals surface area contributed by atoms with Crippen molar-refractivity contribution in [3.8, 4) is 0 Å². The monoisotopic (exact) mass is 284 g/mol. The number of carboxylic acids is 1. The topological polar surface area (TPSA) is 95.5 Å². The molecule has 1 fully saturated rings. The van der Waals surface area contributed by atoms with E-state index in [1.807, 2.05) is 0 Å². The van der Waals surface area contributed by atoms with E-state index in [0.717, 1.165) is 25.7 Å². The van der Waals surface area contributed by atoms with Crippen molar-refractivity contribution in [2.24, 2.45) is 5.92 Å². The fourth-order valence-corrected chi connectivity index (χ4v) is 2.42. The number of amides is 2. The fourth-order valence-electron chi connectivity index (χ4n) is 2.42. The van der Waals surface area contributed by atoms with Gasteiger partial charge in [-0.1, -0.05) is 19.3 Å². The van der Waals surface area contributed by atoms with Gasteiger partial charge >= 0.3 is 5.97 Å². The van der Waals surface area contributed by atoms with E-state index in [4.69, 9.17) is 5.11 Å². The molecule has 0 bridgehead atoms. The predicted octanol–water partition coefficient (Wildman–Crippen LogP) is 1.05. The molecule has 1 aliphatic carbocycles. The SMILES string of the molecule is CC(CC(=O)N[C@H](C)C(=O)O)NC(=O)C1CCCCC1. The Labute approximate surface area is 119 Å². The summed E-state index contributed by atoms with van der Waals surface area (Å²) in [5.41, 5.74) is 0. The molecule has 20 heavy (non-hydrogen) atoms. The quantitative estimate of drug-likeness (QED) is 0.679. The Morgan fingerprint density at radius 1 is 1.10 bits per heavy atom. The second-order valence-electron chi connectivity index (χ2n) is 5.58. The molecule has 0 aromatic carbocycles. The van der Waals surface area contributed by atoms with Crippen LogP contribution in [0.5, 0.6) is 0 Å². The molecule has 1 unspecified atom stereocenters. The first-order chi connectivity index (χ1) is 9.40. The maximum absolute atomic E-state index is 12.0. The highest BCUT2D eigenvalue weighted by molar-refractivity contribution is 5.84. The fraction of sp³-hybridized carbons (Fsp3) is 0.786. The molecule has 0 spiro atoms. The summed E-state index contributed by atoms with van der Waals surface area (Å²) in [6.45, 7) is 3.16. The Bertz CT molecular complexity index is 364. The number of aliphatic carboxylic acids is 1. The smallest absolute Gasteiger partial charge is 0.325 e. The van der Waals surface area contributed by atoms with E-state index in [9.17, 15) is 14.4 Å². The lowest BCUT2D eigenvalue weighted by Gasteiger charge is -2.23. The van der Waals surface area contributed by atoms with Gasteiger partial charge in [0.15, 0.2) is 0 Å². The molecule has 0 heterocycles. The van der Waals surface area contributed by atoms with Gasteiger partial charge in [-0.05, 0) is 26.7 Å². The minimum atomic E-state index is -1.07. The third-order valence-electron chi connectivity index (χ3n) is 3.60. The number of nitrogens with one attached hydrogen (secondary N) is 2. The minimum Gasteiger partial charge on any atom is -0.480 e. The normalized spacial score (nSPS) is 18.9. The number of hydrogen-bond donors (Lipinski definition) is 3. The van der Waals surface area contributed by atoms with Gasteiger partial charge in [-0.2, -0.15) is 0 Å². The van der Waals surface area contributed by atoms with Crippen LogP contribution in [0.3, 0.4) is 0 Å². The van der Waals surface area contributed by atoms with Crippen LogP contribution in [0.15, 0.2) is 0 Å². The molecule has 3 N–H and O–H groups in total. The number of carbonyl (C=O) groups excluding carboxylic acids is 2. The third-order valence-corrected chi connectivity index (χ3v) is 3.60. The molecule has 1 saturated carbocycles. The van der Waals surface area contributed by atoms with Crippen LogP contribution in [0.25, 0.3) is 0 Å². The van der Waals surface area contributed by atoms with E-state index in [2.05, 4.69) is 10.6 Å². The molecule has 2 atom stereocenters. The lowest BCUT2D eigenvalue weighted by Crippen LogP contribution is -2.43. The van der Waals surface area contributed by atoms with Crippen LogP contribution in [0.4, 0.5) is 0 Å². The van der Waals surface area contributed by atoms with Crippen LogP contribution in [-0.4, -0.2) is 35.0 Å². The number of hydrogen-bond acceptors (Lipinski definition) is 3. The van der Waals surface area contributed by atoms with Gasteiger partial charge in [0.25, 0.3) is 0 Å². The summed E-state index contributed by atoms with van der Waals surface area (Å²) < 4.78 is 0. The highest BCUT2D eigenvalue weighted by atomic mass is 16.4. The maximum Gasteiger partial charge on any atom is 0.325 e. The molecule has 0 aliphatic heterocycles. The van der Waals surface area contributed by atoms with E-state index < -0.39 is 12.0 Å². The van der Waals surface area contributed by atoms with Crippen LogP contribution in [0.2, 0.25) is 0 Å². The molecular weight excluding hydrogens is 260 g/mol. The lowest BCUT2D eigenvalue weighted by atomic mass is 9.88. The van der Waals surface area contributed by atoms with Crippen molar-refractivity contribution in [2.45, 2.75) is 64.5 Å². The Hall–Kier alpha value is -1.59. The molecule has 6 nitrogen and oxygen atoms in total. The van der Waals surface area contributed by atoms with Crippen molar-refractivity contribution in [3.63, 3.8) is 0 Å². The molecule has 0 aromatic rings. The summed E-state index contributed by atoms with van der Waals surface area (Å²) in [6.07, 6.45) is 5.29. The van der Waals surface area contributed by atoms with Gasteiger partial charge in [0.2, 0.25) is 11.8 Å². The van der Waals surface area contributed by atoms with E-state index in [0.29, 0.717) is 0 Å². The molecular formula is C14H24N2O4. The van der Waals surface area contributed by atoms with Crippen molar-refractivity contribution in [3.05, 3.63) is 0 Å². The van der Waals surface area contributed by atoms with Crippen LogP contribution in [0.1, 0.15) is 52.4 Å². The van der Waals surface area contributed by atoms with Crippen molar-refractivity contribution in [1.82, 2.24) is 10.6 Å². The van der Waals surface area contributed by atoms with Crippen LogP contribution < -0.4 is 10.6 Å². The van der Waals surface area contributed by atoms with Crippen LogP contribution in [-0.2, 0) is 14.4 Å². The first-order valence-corrected chi connectivity index (χ1v) is 7.22. The Morgan fingerprint density at radius 3 is 2.25 bits per heavy atom. The summed E-state index contributed by atoms with van der Waals surface area (Å²) in [7, 11) is 0. The molecule has 114 valence electrons. The maximum atomic E-state index is 12.0. The number of carboxylic acid groups (broad SMARTS) is 1. The van der Waals surface area contributed by atoms with Gasteiger partial charge in [0.1, 0.15) is 6.04 Å². The zero-order valence-electron chi connectivity index (χ0n) is 12.1. The van der Waals surface area contributed by atoms with E-state index >= 15 is 0 Å². The van der Waals surface area contributed by atoms with Gasteiger partial charge in [-0.25, -0.2) is 0 Å². The summed E-state index contributed by atoms with van der Waals surface area (Å²) >= 11 is 0. The van der Waals surface area contributed by atoms with Gasteiger partial charge in [-0.3, -0.25) is 14.4 Å². The highest BCUT2D eigenvalue weighted by Gasteiger charge is 2.23. The van der Waals surface area contributed by atoms with Crippen molar-refractivity contribution < 1.29 is 19.5 Å². The average Bonchev–Trinajstić information content (AvgIpc) is 2.39. The van der Waals surface area contributed by atoms with Crippen LogP contribution >= 0.6 is 0 Å². The third kappa shape index (κ3) is 5.59. The summed E-state index contributed by atoms with van der Waals surface area (Å²) in [5.74, 6) is -1.36. The van der Waals surface area contributed by atoms with Gasteiger partial charge in [0.05, 0.1) is 0 Å². The Kier molecular flexibility index (Phi) is 6.48. The van der Waals surface area contributed by atoms with E-state index in [1.165, 1.54) is 13.3 Å². The molecule has 0 aromatic heterocycles. The number of carbonyl (C=O) groups is 3. The molecule has 1 rings (SSSR count). The van der Waals surface area contributed by atoms with Crippen LogP contribution in [0, 0.1) is 5.92 Å². The highest BCUT2D eigenvalue weighted by Crippen LogP contribution is 2.23.